The Hall–Kier alpha value is -3.18. The second-order valence-electron chi connectivity index (χ2n) is 6.82. The van der Waals surface area contributed by atoms with Crippen LogP contribution >= 0.6 is 0 Å². The number of ether oxygens (including phenoxy) is 2. The summed E-state index contributed by atoms with van der Waals surface area (Å²) >= 11 is 0. The number of nitro benzene ring substituents is 1. The quantitative estimate of drug-likeness (QED) is 0.397. The molecule has 158 valence electrons. The molecule has 0 bridgehead atoms. The van der Waals surface area contributed by atoms with Crippen LogP contribution in [0.2, 0.25) is 0 Å². The summed E-state index contributed by atoms with van der Waals surface area (Å²) in [6.45, 7) is 1.68. The molecule has 11 heteroatoms. The zero-order chi connectivity index (χ0) is 21.3. The van der Waals surface area contributed by atoms with Gasteiger partial charge in [0.15, 0.2) is 11.5 Å². The Morgan fingerprint density at radius 3 is 2.33 bits per heavy atom. The molecule has 0 N–H and O–H groups in total. The van der Waals surface area contributed by atoms with Crippen molar-refractivity contribution >= 4 is 27.7 Å². The maximum Gasteiger partial charge on any atom is 0.293 e. The molecule has 0 aromatic heterocycles. The number of benzene rings is 2. The Morgan fingerprint density at radius 1 is 0.967 bits per heavy atom. The maximum atomic E-state index is 13.0. The van der Waals surface area contributed by atoms with E-state index in [-0.39, 0.29) is 42.3 Å². The van der Waals surface area contributed by atoms with Crippen molar-refractivity contribution in [3.63, 3.8) is 0 Å². The number of rotatable bonds is 5. The molecule has 0 unspecified atom stereocenters. The molecule has 0 aliphatic carbocycles. The van der Waals surface area contributed by atoms with E-state index < -0.39 is 14.9 Å². The van der Waals surface area contributed by atoms with E-state index in [1.54, 1.807) is 11.0 Å². The van der Waals surface area contributed by atoms with Crippen LogP contribution in [0.15, 0.2) is 41.3 Å². The van der Waals surface area contributed by atoms with Crippen molar-refractivity contribution in [3.8, 4) is 11.5 Å². The third-order valence-corrected chi connectivity index (χ3v) is 6.96. The second kappa shape index (κ2) is 7.92. The highest BCUT2D eigenvalue weighted by Gasteiger charge is 2.31. The summed E-state index contributed by atoms with van der Waals surface area (Å²) in [5.41, 5.74) is 0.398. The van der Waals surface area contributed by atoms with E-state index in [4.69, 9.17) is 9.47 Å². The van der Waals surface area contributed by atoms with Crippen LogP contribution < -0.4 is 14.4 Å². The summed E-state index contributed by atoms with van der Waals surface area (Å²) in [6.07, 6.45) is 0.550. The topological polar surface area (TPSA) is 119 Å². The van der Waals surface area contributed by atoms with E-state index in [1.807, 2.05) is 0 Å². The number of fused-ring (bicyclic) bond motifs is 1. The second-order valence-corrected chi connectivity index (χ2v) is 8.76. The van der Waals surface area contributed by atoms with Gasteiger partial charge in [0.25, 0.3) is 5.69 Å². The molecule has 2 aliphatic rings. The van der Waals surface area contributed by atoms with Crippen LogP contribution in [0, 0.1) is 10.1 Å². The number of carbonyl (C=O) groups is 1. The van der Waals surface area contributed by atoms with Crippen LogP contribution in [-0.2, 0) is 10.0 Å². The summed E-state index contributed by atoms with van der Waals surface area (Å²) < 4.78 is 38.3. The highest BCUT2D eigenvalue weighted by Crippen LogP contribution is 2.34. The Morgan fingerprint density at radius 2 is 1.67 bits per heavy atom. The first-order valence-electron chi connectivity index (χ1n) is 9.28. The van der Waals surface area contributed by atoms with Crippen LogP contribution in [0.4, 0.5) is 11.4 Å². The molecule has 4 rings (SSSR count). The molecule has 2 heterocycles. The molecule has 1 fully saturated rings. The van der Waals surface area contributed by atoms with E-state index in [1.165, 1.54) is 34.6 Å². The lowest BCUT2D eigenvalue weighted by atomic mass is 10.1. The Balaban J connectivity index is 1.52. The highest BCUT2D eigenvalue weighted by molar-refractivity contribution is 7.89. The molecule has 2 aromatic rings. The smallest absolute Gasteiger partial charge is 0.293 e. The number of nitrogens with zero attached hydrogens (tertiary/aromatic N) is 3. The van der Waals surface area contributed by atoms with Crippen LogP contribution in [0.5, 0.6) is 11.5 Å². The van der Waals surface area contributed by atoms with Crippen molar-refractivity contribution in [3.05, 3.63) is 52.1 Å². The monoisotopic (exact) mass is 433 g/mol. The van der Waals surface area contributed by atoms with Crippen LogP contribution in [0.3, 0.4) is 0 Å². The molecule has 2 aliphatic heterocycles. The lowest BCUT2D eigenvalue weighted by Crippen LogP contribution is -2.48. The molecule has 1 saturated heterocycles. The first-order valence-corrected chi connectivity index (χ1v) is 10.7. The molecule has 10 nitrogen and oxygen atoms in total. The van der Waals surface area contributed by atoms with Gasteiger partial charge in [-0.05, 0) is 24.3 Å². The van der Waals surface area contributed by atoms with Gasteiger partial charge in [-0.25, -0.2) is 8.42 Å². The van der Waals surface area contributed by atoms with Gasteiger partial charge in [0, 0.05) is 43.9 Å². The predicted molar refractivity (Wildman–Crippen MR) is 107 cm³/mol. The van der Waals surface area contributed by atoms with Crippen LogP contribution in [0.1, 0.15) is 10.4 Å². The lowest BCUT2D eigenvalue weighted by Gasteiger charge is -2.35. The number of nitro groups is 1. The van der Waals surface area contributed by atoms with Gasteiger partial charge < -0.3 is 14.4 Å². The number of piperazine rings is 1. The van der Waals surface area contributed by atoms with Crippen LogP contribution in [0.25, 0.3) is 0 Å². The number of aldehydes is 1. The SMILES string of the molecule is O=Cc1ccc(N2CCN(S(=O)(=O)c3ccc4c(c3)OCCO4)CC2)c([N+](=O)[O-])c1. The molecule has 0 amide bonds. The molecule has 30 heavy (non-hydrogen) atoms. The van der Waals surface area contributed by atoms with Crippen molar-refractivity contribution in [1.29, 1.82) is 0 Å². The Kier molecular flexibility index (Phi) is 5.31. The van der Waals surface area contributed by atoms with E-state index in [0.717, 1.165) is 0 Å². The van der Waals surface area contributed by atoms with Gasteiger partial charge >= 0.3 is 0 Å². The van der Waals surface area contributed by atoms with Crippen molar-refractivity contribution in [2.75, 3.05) is 44.3 Å². The van der Waals surface area contributed by atoms with Gasteiger partial charge in [0.1, 0.15) is 25.2 Å². The summed E-state index contributed by atoms with van der Waals surface area (Å²) in [6, 6.07) is 8.77. The van der Waals surface area contributed by atoms with E-state index >= 15 is 0 Å². The van der Waals surface area contributed by atoms with E-state index in [0.29, 0.717) is 36.7 Å². The molecule has 0 spiro atoms. The standard InChI is InChI=1S/C19H19N3O7S/c23-13-14-1-3-16(17(11-14)22(24)25)20-5-7-21(8-6-20)30(26,27)15-2-4-18-19(12-15)29-10-9-28-18/h1-4,11-13H,5-10H2. The zero-order valence-electron chi connectivity index (χ0n) is 15.9. The van der Waals surface area contributed by atoms with Crippen molar-refractivity contribution in [2.24, 2.45) is 0 Å². The summed E-state index contributed by atoms with van der Waals surface area (Å²) in [5.74, 6) is 0.906. The van der Waals surface area contributed by atoms with Gasteiger partial charge in [0.2, 0.25) is 10.0 Å². The maximum absolute atomic E-state index is 13.0. The minimum absolute atomic E-state index is 0.113. The van der Waals surface area contributed by atoms with Crippen molar-refractivity contribution in [1.82, 2.24) is 4.31 Å². The minimum Gasteiger partial charge on any atom is -0.486 e. The number of hydrogen-bond donors (Lipinski definition) is 0. The number of anilines is 1. The third kappa shape index (κ3) is 3.68. The molecule has 2 aromatic carbocycles. The van der Waals surface area contributed by atoms with Crippen molar-refractivity contribution in [2.45, 2.75) is 4.90 Å². The van der Waals surface area contributed by atoms with Gasteiger partial charge in [-0.3, -0.25) is 14.9 Å². The molecular weight excluding hydrogens is 414 g/mol. The Bertz CT molecular complexity index is 1100. The predicted octanol–water partition coefficient (Wildman–Crippen LogP) is 1.69. The third-order valence-electron chi connectivity index (χ3n) is 5.06. The zero-order valence-corrected chi connectivity index (χ0v) is 16.7. The molecular formula is C19H19N3O7S. The van der Waals surface area contributed by atoms with Gasteiger partial charge in [0.05, 0.1) is 9.82 Å². The molecule has 0 saturated carbocycles. The summed E-state index contributed by atoms with van der Waals surface area (Å²) in [4.78, 5) is 23.6. The number of sulfonamides is 1. The van der Waals surface area contributed by atoms with Crippen molar-refractivity contribution < 1.29 is 27.6 Å². The van der Waals surface area contributed by atoms with Crippen LogP contribution in [-0.4, -0.2) is 63.3 Å². The fraction of sp³-hybridized carbons (Fsp3) is 0.316. The van der Waals surface area contributed by atoms with E-state index in [2.05, 4.69) is 0 Å². The van der Waals surface area contributed by atoms with E-state index in [9.17, 15) is 23.3 Å². The normalized spacial score (nSPS) is 16.9. The first kappa shape index (κ1) is 20.1. The fourth-order valence-electron chi connectivity index (χ4n) is 3.53. The Labute approximate surface area is 172 Å². The van der Waals surface area contributed by atoms with Gasteiger partial charge in [-0.1, -0.05) is 0 Å². The fourth-order valence-corrected chi connectivity index (χ4v) is 4.97. The molecule has 0 radical (unpaired) electrons. The number of carbonyl (C=O) groups excluding carboxylic acids is 1. The van der Waals surface area contributed by atoms with Gasteiger partial charge in [-0.2, -0.15) is 4.31 Å². The summed E-state index contributed by atoms with van der Waals surface area (Å²) in [7, 11) is -3.75. The lowest BCUT2D eigenvalue weighted by molar-refractivity contribution is -0.384. The number of hydrogen-bond acceptors (Lipinski definition) is 8. The first-order chi connectivity index (χ1) is 14.4. The average Bonchev–Trinajstić information content (AvgIpc) is 2.78. The summed E-state index contributed by atoms with van der Waals surface area (Å²) in [5, 5.41) is 11.4. The average molecular weight is 433 g/mol. The minimum atomic E-state index is -3.75. The molecule has 0 atom stereocenters. The highest BCUT2D eigenvalue weighted by atomic mass is 32.2. The largest absolute Gasteiger partial charge is 0.486 e. The van der Waals surface area contributed by atoms with Gasteiger partial charge in [-0.15, -0.1) is 0 Å².